The van der Waals surface area contributed by atoms with Gasteiger partial charge in [-0.05, 0) is 31.9 Å². The van der Waals surface area contributed by atoms with E-state index in [2.05, 4.69) is 30.2 Å². The SMILES string of the molecule is CCC(C)NC(CN)c1ccc(C)nc1. The van der Waals surface area contributed by atoms with E-state index < -0.39 is 0 Å². The van der Waals surface area contributed by atoms with Crippen LogP contribution in [-0.4, -0.2) is 17.6 Å². The fourth-order valence-electron chi connectivity index (χ4n) is 1.45. The second-order valence-electron chi connectivity index (χ2n) is 4.00. The van der Waals surface area contributed by atoms with Gasteiger partial charge in [0, 0.05) is 30.5 Å². The van der Waals surface area contributed by atoms with Gasteiger partial charge in [-0.25, -0.2) is 0 Å². The second kappa shape index (κ2) is 5.83. The molecule has 0 spiro atoms. The summed E-state index contributed by atoms with van der Waals surface area (Å²) in [5.41, 5.74) is 7.97. The van der Waals surface area contributed by atoms with Gasteiger partial charge in [0.2, 0.25) is 0 Å². The van der Waals surface area contributed by atoms with Gasteiger partial charge in [-0.2, -0.15) is 0 Å². The lowest BCUT2D eigenvalue weighted by molar-refractivity contribution is 0.451. The summed E-state index contributed by atoms with van der Waals surface area (Å²) in [6.07, 6.45) is 3.01. The molecule has 1 rings (SSSR count). The lowest BCUT2D eigenvalue weighted by Crippen LogP contribution is -2.34. The van der Waals surface area contributed by atoms with Crippen LogP contribution < -0.4 is 11.1 Å². The van der Waals surface area contributed by atoms with E-state index in [1.165, 1.54) is 5.56 Å². The first-order chi connectivity index (χ1) is 7.17. The minimum atomic E-state index is 0.216. The zero-order valence-electron chi connectivity index (χ0n) is 9.83. The molecule has 0 aromatic carbocycles. The Bertz CT molecular complexity index is 281. The summed E-state index contributed by atoms with van der Waals surface area (Å²) in [6.45, 7) is 6.93. The molecule has 0 aliphatic carbocycles. The first-order valence-corrected chi connectivity index (χ1v) is 5.56. The normalized spacial score (nSPS) is 14.9. The number of nitrogens with zero attached hydrogens (tertiary/aromatic N) is 1. The van der Waals surface area contributed by atoms with Crippen molar-refractivity contribution >= 4 is 0 Å². The van der Waals surface area contributed by atoms with Gasteiger partial charge in [0.1, 0.15) is 0 Å². The molecule has 84 valence electrons. The van der Waals surface area contributed by atoms with Crippen LogP contribution in [0.1, 0.15) is 37.6 Å². The lowest BCUT2D eigenvalue weighted by Gasteiger charge is -2.21. The van der Waals surface area contributed by atoms with Crippen molar-refractivity contribution in [2.75, 3.05) is 6.54 Å². The van der Waals surface area contributed by atoms with Crippen LogP contribution >= 0.6 is 0 Å². The maximum Gasteiger partial charge on any atom is 0.0461 e. The van der Waals surface area contributed by atoms with Gasteiger partial charge in [-0.15, -0.1) is 0 Å². The third-order valence-corrected chi connectivity index (χ3v) is 2.67. The van der Waals surface area contributed by atoms with Crippen LogP contribution in [0.15, 0.2) is 18.3 Å². The molecule has 0 saturated heterocycles. The Morgan fingerprint density at radius 2 is 2.20 bits per heavy atom. The lowest BCUT2D eigenvalue weighted by atomic mass is 10.1. The second-order valence-corrected chi connectivity index (χ2v) is 4.00. The van der Waals surface area contributed by atoms with Gasteiger partial charge in [0.15, 0.2) is 0 Å². The number of aryl methyl sites for hydroxylation is 1. The molecular weight excluding hydrogens is 186 g/mol. The van der Waals surface area contributed by atoms with Crippen LogP contribution in [0.4, 0.5) is 0 Å². The Labute approximate surface area is 92.1 Å². The van der Waals surface area contributed by atoms with Crippen LogP contribution in [0.3, 0.4) is 0 Å². The fourth-order valence-corrected chi connectivity index (χ4v) is 1.45. The third-order valence-electron chi connectivity index (χ3n) is 2.67. The molecule has 0 bridgehead atoms. The summed E-state index contributed by atoms with van der Waals surface area (Å²) < 4.78 is 0. The quantitative estimate of drug-likeness (QED) is 0.773. The molecular formula is C12H21N3. The highest BCUT2D eigenvalue weighted by Gasteiger charge is 2.11. The predicted molar refractivity (Wildman–Crippen MR) is 63.7 cm³/mol. The molecule has 2 unspecified atom stereocenters. The van der Waals surface area contributed by atoms with Crippen molar-refractivity contribution < 1.29 is 0 Å². The topological polar surface area (TPSA) is 50.9 Å². The van der Waals surface area contributed by atoms with E-state index in [-0.39, 0.29) is 6.04 Å². The Morgan fingerprint density at radius 3 is 2.67 bits per heavy atom. The number of hydrogen-bond donors (Lipinski definition) is 2. The minimum absolute atomic E-state index is 0.216. The summed E-state index contributed by atoms with van der Waals surface area (Å²) in [6, 6.07) is 4.82. The average Bonchev–Trinajstić information content (AvgIpc) is 2.27. The van der Waals surface area contributed by atoms with E-state index in [1.807, 2.05) is 19.2 Å². The minimum Gasteiger partial charge on any atom is -0.329 e. The predicted octanol–water partition coefficient (Wildman–Crippen LogP) is 1.78. The van der Waals surface area contributed by atoms with Crippen molar-refractivity contribution in [3.63, 3.8) is 0 Å². The number of rotatable bonds is 5. The number of nitrogens with two attached hydrogens (primary N) is 1. The third kappa shape index (κ3) is 3.61. The Morgan fingerprint density at radius 1 is 1.47 bits per heavy atom. The van der Waals surface area contributed by atoms with Gasteiger partial charge in [0.25, 0.3) is 0 Å². The van der Waals surface area contributed by atoms with E-state index in [1.54, 1.807) is 0 Å². The van der Waals surface area contributed by atoms with Crippen molar-refractivity contribution in [2.45, 2.75) is 39.3 Å². The monoisotopic (exact) mass is 207 g/mol. The van der Waals surface area contributed by atoms with Crippen molar-refractivity contribution in [1.82, 2.24) is 10.3 Å². The van der Waals surface area contributed by atoms with Crippen LogP contribution in [-0.2, 0) is 0 Å². The molecule has 1 aromatic heterocycles. The average molecular weight is 207 g/mol. The van der Waals surface area contributed by atoms with E-state index in [9.17, 15) is 0 Å². The van der Waals surface area contributed by atoms with Gasteiger partial charge >= 0.3 is 0 Å². The molecule has 0 aliphatic heterocycles. The Kier molecular flexibility index (Phi) is 4.72. The Balaban J connectivity index is 2.69. The molecule has 3 N–H and O–H groups in total. The van der Waals surface area contributed by atoms with Gasteiger partial charge in [0.05, 0.1) is 0 Å². The molecule has 2 atom stereocenters. The van der Waals surface area contributed by atoms with Crippen molar-refractivity contribution in [2.24, 2.45) is 5.73 Å². The smallest absolute Gasteiger partial charge is 0.0461 e. The zero-order chi connectivity index (χ0) is 11.3. The van der Waals surface area contributed by atoms with Gasteiger partial charge < -0.3 is 11.1 Å². The molecule has 0 amide bonds. The first-order valence-electron chi connectivity index (χ1n) is 5.56. The van der Waals surface area contributed by atoms with E-state index in [0.29, 0.717) is 12.6 Å². The van der Waals surface area contributed by atoms with Crippen molar-refractivity contribution in [3.8, 4) is 0 Å². The molecule has 0 aliphatic rings. The maximum atomic E-state index is 5.76. The summed E-state index contributed by atoms with van der Waals surface area (Å²) in [4.78, 5) is 4.29. The van der Waals surface area contributed by atoms with Gasteiger partial charge in [-0.1, -0.05) is 13.0 Å². The van der Waals surface area contributed by atoms with E-state index in [0.717, 1.165) is 12.1 Å². The molecule has 0 radical (unpaired) electrons. The van der Waals surface area contributed by atoms with Gasteiger partial charge in [-0.3, -0.25) is 4.98 Å². The number of hydrogen-bond acceptors (Lipinski definition) is 3. The van der Waals surface area contributed by atoms with Crippen LogP contribution in [0.5, 0.6) is 0 Å². The molecule has 3 heteroatoms. The summed E-state index contributed by atoms with van der Waals surface area (Å²) >= 11 is 0. The summed E-state index contributed by atoms with van der Waals surface area (Å²) in [7, 11) is 0. The van der Waals surface area contributed by atoms with Crippen molar-refractivity contribution in [3.05, 3.63) is 29.6 Å². The molecule has 0 saturated carbocycles. The summed E-state index contributed by atoms with van der Waals surface area (Å²) in [5.74, 6) is 0. The first kappa shape index (κ1) is 12.1. The highest BCUT2D eigenvalue weighted by atomic mass is 15.0. The van der Waals surface area contributed by atoms with Crippen LogP contribution in [0, 0.1) is 6.92 Å². The largest absolute Gasteiger partial charge is 0.329 e. The fraction of sp³-hybridized carbons (Fsp3) is 0.583. The number of nitrogens with one attached hydrogen (secondary N) is 1. The highest BCUT2D eigenvalue weighted by Crippen LogP contribution is 2.12. The number of aromatic nitrogens is 1. The molecule has 1 heterocycles. The maximum absolute atomic E-state index is 5.76. The molecule has 15 heavy (non-hydrogen) atoms. The molecule has 1 aromatic rings. The summed E-state index contributed by atoms with van der Waals surface area (Å²) in [5, 5.41) is 3.49. The van der Waals surface area contributed by atoms with E-state index in [4.69, 9.17) is 5.73 Å². The Hall–Kier alpha value is -0.930. The van der Waals surface area contributed by atoms with Crippen molar-refractivity contribution in [1.29, 1.82) is 0 Å². The zero-order valence-corrected chi connectivity index (χ0v) is 9.83. The standard InChI is InChI=1S/C12H21N3/c1-4-9(2)15-12(7-13)11-6-5-10(3)14-8-11/h5-6,8-9,12,15H,4,7,13H2,1-3H3. The molecule has 0 fully saturated rings. The number of pyridine rings is 1. The molecule has 3 nitrogen and oxygen atoms in total. The van der Waals surface area contributed by atoms with E-state index >= 15 is 0 Å². The highest BCUT2D eigenvalue weighted by molar-refractivity contribution is 5.17. The van der Waals surface area contributed by atoms with Crippen LogP contribution in [0.25, 0.3) is 0 Å². The van der Waals surface area contributed by atoms with Crippen LogP contribution in [0.2, 0.25) is 0 Å².